The molecule has 1 fully saturated rings. The molecule has 2 nitrogen and oxygen atoms in total. The summed E-state index contributed by atoms with van der Waals surface area (Å²) in [6.07, 6.45) is 5.51. The zero-order valence-electron chi connectivity index (χ0n) is 9.12. The van der Waals surface area contributed by atoms with Crippen LogP contribution in [0.15, 0.2) is 4.99 Å². The minimum atomic E-state index is 0.515. The molecule has 1 N–H and O–H groups in total. The summed E-state index contributed by atoms with van der Waals surface area (Å²) in [5, 5.41) is 4.61. The highest BCUT2D eigenvalue weighted by molar-refractivity contribution is 8.13. The van der Waals surface area contributed by atoms with Gasteiger partial charge in [-0.2, -0.15) is 0 Å². The van der Waals surface area contributed by atoms with Crippen LogP contribution in [0.1, 0.15) is 39.5 Å². The fraction of sp³-hybridized carbons (Fsp3) is 0.909. The number of hydrogen-bond acceptors (Lipinski definition) is 3. The number of nitrogens with zero attached hydrogens (tertiary/aromatic N) is 1. The molecule has 0 aromatic rings. The SMILES string of the molecule is CC(C)NC1=NC2CCCCC2CS1. The number of aliphatic imine (C=N–C) groups is 1. The van der Waals surface area contributed by atoms with Crippen LogP contribution in [-0.2, 0) is 0 Å². The van der Waals surface area contributed by atoms with Crippen LogP contribution in [0.5, 0.6) is 0 Å². The Morgan fingerprint density at radius 2 is 2.14 bits per heavy atom. The highest BCUT2D eigenvalue weighted by Crippen LogP contribution is 2.33. The van der Waals surface area contributed by atoms with E-state index in [1.165, 1.54) is 36.6 Å². The molecular weight excluding hydrogens is 192 g/mol. The molecule has 3 heteroatoms. The van der Waals surface area contributed by atoms with E-state index in [-0.39, 0.29) is 0 Å². The topological polar surface area (TPSA) is 24.4 Å². The summed E-state index contributed by atoms with van der Waals surface area (Å²) in [4.78, 5) is 4.81. The van der Waals surface area contributed by atoms with Gasteiger partial charge in [-0.15, -0.1) is 0 Å². The van der Waals surface area contributed by atoms with Gasteiger partial charge in [-0.3, -0.25) is 4.99 Å². The third-order valence-electron chi connectivity index (χ3n) is 3.00. The zero-order valence-corrected chi connectivity index (χ0v) is 9.94. The van der Waals surface area contributed by atoms with Crippen LogP contribution in [0.3, 0.4) is 0 Å². The quantitative estimate of drug-likeness (QED) is 0.722. The Hall–Kier alpha value is -0.180. The predicted octanol–water partition coefficient (Wildman–Crippen LogP) is 2.65. The van der Waals surface area contributed by atoms with Gasteiger partial charge in [0.05, 0.1) is 6.04 Å². The monoisotopic (exact) mass is 212 g/mol. The Morgan fingerprint density at radius 1 is 1.36 bits per heavy atom. The summed E-state index contributed by atoms with van der Waals surface area (Å²) in [5.74, 6) is 2.15. The standard InChI is InChI=1S/C11H20N2S/c1-8(2)12-11-13-10-6-4-3-5-9(10)7-14-11/h8-10H,3-7H2,1-2H3,(H,12,13). The van der Waals surface area contributed by atoms with Crippen molar-refractivity contribution in [3.05, 3.63) is 0 Å². The molecule has 0 spiro atoms. The third kappa shape index (κ3) is 2.44. The number of hydrogen-bond donors (Lipinski definition) is 1. The molecule has 1 saturated carbocycles. The van der Waals surface area contributed by atoms with E-state index in [9.17, 15) is 0 Å². The molecule has 0 radical (unpaired) electrons. The summed E-state index contributed by atoms with van der Waals surface area (Å²) >= 11 is 1.92. The lowest BCUT2D eigenvalue weighted by atomic mass is 9.86. The van der Waals surface area contributed by atoms with Crippen LogP contribution in [-0.4, -0.2) is 23.0 Å². The maximum absolute atomic E-state index is 4.81. The lowest BCUT2D eigenvalue weighted by Gasteiger charge is -2.33. The van der Waals surface area contributed by atoms with E-state index in [0.717, 1.165) is 5.92 Å². The molecule has 0 saturated heterocycles. The normalized spacial score (nSPS) is 32.4. The Labute approximate surface area is 90.9 Å². The van der Waals surface area contributed by atoms with Gasteiger partial charge in [0.1, 0.15) is 0 Å². The maximum Gasteiger partial charge on any atom is 0.157 e. The number of thioether (sulfide) groups is 1. The van der Waals surface area contributed by atoms with Crippen molar-refractivity contribution in [3.63, 3.8) is 0 Å². The summed E-state index contributed by atoms with van der Waals surface area (Å²) in [6, 6.07) is 1.15. The van der Waals surface area contributed by atoms with Gasteiger partial charge in [0.2, 0.25) is 0 Å². The van der Waals surface area contributed by atoms with Crippen molar-refractivity contribution in [2.24, 2.45) is 10.9 Å². The summed E-state index contributed by atoms with van der Waals surface area (Å²) < 4.78 is 0. The lowest BCUT2D eigenvalue weighted by molar-refractivity contribution is 0.335. The number of fused-ring (bicyclic) bond motifs is 1. The molecule has 2 unspecified atom stereocenters. The molecular formula is C11H20N2S. The first-order valence-electron chi connectivity index (χ1n) is 5.73. The minimum absolute atomic E-state index is 0.515. The first-order valence-corrected chi connectivity index (χ1v) is 6.71. The fourth-order valence-electron chi connectivity index (χ4n) is 2.25. The summed E-state index contributed by atoms with van der Waals surface area (Å²) in [5.41, 5.74) is 0. The summed E-state index contributed by atoms with van der Waals surface area (Å²) in [7, 11) is 0. The van der Waals surface area contributed by atoms with E-state index in [2.05, 4.69) is 19.2 Å². The largest absolute Gasteiger partial charge is 0.363 e. The van der Waals surface area contributed by atoms with Crippen LogP contribution in [0.25, 0.3) is 0 Å². The molecule has 14 heavy (non-hydrogen) atoms. The van der Waals surface area contributed by atoms with Crippen molar-refractivity contribution >= 4 is 16.9 Å². The molecule has 0 amide bonds. The molecule has 0 aromatic carbocycles. The van der Waals surface area contributed by atoms with Crippen molar-refractivity contribution < 1.29 is 0 Å². The van der Waals surface area contributed by atoms with Crippen LogP contribution in [0.2, 0.25) is 0 Å². The van der Waals surface area contributed by atoms with Crippen molar-refractivity contribution in [2.75, 3.05) is 5.75 Å². The van der Waals surface area contributed by atoms with Crippen molar-refractivity contribution in [2.45, 2.75) is 51.6 Å². The van der Waals surface area contributed by atoms with Crippen LogP contribution < -0.4 is 5.32 Å². The molecule has 1 aliphatic carbocycles. The molecule has 2 atom stereocenters. The molecule has 0 bridgehead atoms. The van der Waals surface area contributed by atoms with Gasteiger partial charge in [0.15, 0.2) is 5.17 Å². The van der Waals surface area contributed by atoms with Gasteiger partial charge in [0.25, 0.3) is 0 Å². The Morgan fingerprint density at radius 3 is 2.93 bits per heavy atom. The Balaban J connectivity index is 1.97. The van der Waals surface area contributed by atoms with Crippen LogP contribution in [0, 0.1) is 5.92 Å². The van der Waals surface area contributed by atoms with E-state index in [0.29, 0.717) is 12.1 Å². The first kappa shape index (κ1) is 10.3. The van der Waals surface area contributed by atoms with E-state index < -0.39 is 0 Å². The van der Waals surface area contributed by atoms with E-state index in [4.69, 9.17) is 4.99 Å². The van der Waals surface area contributed by atoms with Gasteiger partial charge >= 0.3 is 0 Å². The smallest absolute Gasteiger partial charge is 0.157 e. The van der Waals surface area contributed by atoms with E-state index >= 15 is 0 Å². The number of rotatable bonds is 1. The van der Waals surface area contributed by atoms with Crippen molar-refractivity contribution in [1.29, 1.82) is 0 Å². The molecule has 0 aromatic heterocycles. The van der Waals surface area contributed by atoms with Gasteiger partial charge in [0, 0.05) is 11.8 Å². The molecule has 2 rings (SSSR count). The van der Waals surface area contributed by atoms with Crippen LogP contribution >= 0.6 is 11.8 Å². The second-order valence-corrected chi connectivity index (χ2v) is 5.66. The predicted molar refractivity (Wildman–Crippen MR) is 63.9 cm³/mol. The first-order chi connectivity index (χ1) is 6.75. The number of amidine groups is 1. The average molecular weight is 212 g/mol. The fourth-order valence-corrected chi connectivity index (χ4v) is 3.54. The summed E-state index contributed by atoms with van der Waals surface area (Å²) in [6.45, 7) is 4.35. The van der Waals surface area contributed by atoms with Gasteiger partial charge in [-0.05, 0) is 32.6 Å². The van der Waals surface area contributed by atoms with E-state index in [1.54, 1.807) is 0 Å². The van der Waals surface area contributed by atoms with Crippen LogP contribution in [0.4, 0.5) is 0 Å². The average Bonchev–Trinajstić information content (AvgIpc) is 2.17. The third-order valence-corrected chi connectivity index (χ3v) is 4.09. The Kier molecular flexibility index (Phi) is 3.37. The minimum Gasteiger partial charge on any atom is -0.363 e. The maximum atomic E-state index is 4.81. The second-order valence-electron chi connectivity index (χ2n) is 4.66. The Bertz CT molecular complexity index is 225. The van der Waals surface area contributed by atoms with Gasteiger partial charge < -0.3 is 5.32 Å². The number of nitrogens with one attached hydrogen (secondary N) is 1. The molecule has 2 aliphatic rings. The van der Waals surface area contributed by atoms with E-state index in [1.807, 2.05) is 11.8 Å². The molecule has 1 heterocycles. The second kappa shape index (κ2) is 4.56. The van der Waals surface area contributed by atoms with Gasteiger partial charge in [-0.1, -0.05) is 24.6 Å². The van der Waals surface area contributed by atoms with Crippen molar-refractivity contribution in [3.8, 4) is 0 Å². The highest BCUT2D eigenvalue weighted by Gasteiger charge is 2.28. The molecule has 1 aliphatic heterocycles. The van der Waals surface area contributed by atoms with Gasteiger partial charge in [-0.25, -0.2) is 0 Å². The van der Waals surface area contributed by atoms with Crippen molar-refractivity contribution in [1.82, 2.24) is 5.32 Å². The lowest BCUT2D eigenvalue weighted by Crippen LogP contribution is -2.37. The highest BCUT2D eigenvalue weighted by atomic mass is 32.2. The molecule has 80 valence electrons. The zero-order chi connectivity index (χ0) is 9.97.